The van der Waals surface area contributed by atoms with Crippen molar-refractivity contribution in [2.75, 3.05) is 13.1 Å². The summed E-state index contributed by atoms with van der Waals surface area (Å²) >= 11 is 0. The molecule has 0 spiro atoms. The van der Waals surface area contributed by atoms with Gasteiger partial charge in [-0.1, -0.05) is 0 Å². The lowest BCUT2D eigenvalue weighted by Gasteiger charge is -2.22. The molecular formula is C13H16F3N. The Morgan fingerprint density at radius 2 is 1.88 bits per heavy atom. The van der Waals surface area contributed by atoms with Gasteiger partial charge in [-0.05, 0) is 56.3 Å². The quantitative estimate of drug-likeness (QED) is 0.805. The highest BCUT2D eigenvalue weighted by Gasteiger charge is 2.15. The normalized spacial score (nSPS) is 20.5. The Labute approximate surface area is 99.0 Å². The van der Waals surface area contributed by atoms with E-state index in [0.29, 0.717) is 18.4 Å². The minimum absolute atomic E-state index is 0.273. The van der Waals surface area contributed by atoms with Crippen molar-refractivity contribution >= 4 is 0 Å². The first-order chi connectivity index (χ1) is 8.16. The molecule has 1 unspecified atom stereocenters. The van der Waals surface area contributed by atoms with E-state index in [9.17, 15) is 13.2 Å². The minimum atomic E-state index is -1.12. The molecule has 1 aromatic rings. The zero-order valence-corrected chi connectivity index (χ0v) is 9.61. The van der Waals surface area contributed by atoms with Crippen molar-refractivity contribution in [1.82, 2.24) is 5.32 Å². The molecule has 1 aliphatic heterocycles. The molecule has 17 heavy (non-hydrogen) atoms. The van der Waals surface area contributed by atoms with E-state index in [1.807, 2.05) is 0 Å². The third-order valence-corrected chi connectivity index (χ3v) is 3.31. The molecule has 1 aliphatic rings. The monoisotopic (exact) mass is 243 g/mol. The van der Waals surface area contributed by atoms with Crippen LogP contribution in [0.25, 0.3) is 0 Å². The fourth-order valence-corrected chi connectivity index (χ4v) is 2.29. The highest BCUT2D eigenvalue weighted by atomic mass is 19.2. The highest BCUT2D eigenvalue weighted by molar-refractivity contribution is 5.20. The maximum absolute atomic E-state index is 13.4. The average Bonchev–Trinajstić information content (AvgIpc) is 2.33. The van der Waals surface area contributed by atoms with Gasteiger partial charge >= 0.3 is 0 Å². The lowest BCUT2D eigenvalue weighted by molar-refractivity contribution is 0.356. The second-order valence-corrected chi connectivity index (χ2v) is 4.61. The Morgan fingerprint density at radius 3 is 2.59 bits per heavy atom. The third kappa shape index (κ3) is 3.22. The van der Waals surface area contributed by atoms with Gasteiger partial charge in [-0.15, -0.1) is 0 Å². The Balaban J connectivity index is 1.96. The summed E-state index contributed by atoms with van der Waals surface area (Å²) in [5, 5.41) is 3.28. The second-order valence-electron chi connectivity index (χ2n) is 4.61. The van der Waals surface area contributed by atoms with Gasteiger partial charge in [0.25, 0.3) is 0 Å². The summed E-state index contributed by atoms with van der Waals surface area (Å²) in [6.07, 6.45) is 3.54. The molecule has 1 fully saturated rings. The number of hydrogen-bond acceptors (Lipinski definition) is 1. The van der Waals surface area contributed by atoms with Crippen LogP contribution in [0.2, 0.25) is 0 Å². The number of benzene rings is 1. The van der Waals surface area contributed by atoms with E-state index >= 15 is 0 Å². The Morgan fingerprint density at radius 1 is 1.12 bits per heavy atom. The molecule has 0 saturated carbocycles. The number of aryl methyl sites for hydroxylation is 1. The molecule has 0 radical (unpaired) electrons. The fourth-order valence-electron chi connectivity index (χ4n) is 2.29. The van der Waals surface area contributed by atoms with E-state index in [2.05, 4.69) is 5.32 Å². The molecule has 1 nitrogen and oxygen atoms in total. The fraction of sp³-hybridized carbons (Fsp3) is 0.538. The maximum atomic E-state index is 13.4. The standard InChI is InChI=1S/C13H16F3N/c14-11-7-13(16)12(15)6-10(11)4-3-9-2-1-5-17-8-9/h6-7,9,17H,1-5,8H2. The lowest BCUT2D eigenvalue weighted by Crippen LogP contribution is -2.30. The van der Waals surface area contributed by atoms with Crippen LogP contribution < -0.4 is 5.32 Å². The van der Waals surface area contributed by atoms with Crippen molar-refractivity contribution in [1.29, 1.82) is 0 Å². The molecule has 1 atom stereocenters. The van der Waals surface area contributed by atoms with Crippen LogP contribution >= 0.6 is 0 Å². The van der Waals surface area contributed by atoms with Crippen LogP contribution in [0, 0.1) is 23.4 Å². The number of halogens is 3. The molecule has 1 aromatic carbocycles. The summed E-state index contributed by atoms with van der Waals surface area (Å²) in [4.78, 5) is 0. The van der Waals surface area contributed by atoms with Gasteiger partial charge in [0.05, 0.1) is 0 Å². The first-order valence-electron chi connectivity index (χ1n) is 6.01. The molecular weight excluding hydrogens is 227 g/mol. The van der Waals surface area contributed by atoms with Crippen molar-refractivity contribution in [3.05, 3.63) is 35.1 Å². The maximum Gasteiger partial charge on any atom is 0.161 e. The molecule has 1 N–H and O–H groups in total. The van der Waals surface area contributed by atoms with E-state index in [1.54, 1.807) is 0 Å². The van der Waals surface area contributed by atoms with Crippen molar-refractivity contribution in [2.24, 2.45) is 5.92 Å². The van der Waals surface area contributed by atoms with Crippen molar-refractivity contribution in [3.63, 3.8) is 0 Å². The van der Waals surface area contributed by atoms with Crippen molar-refractivity contribution in [2.45, 2.75) is 25.7 Å². The molecule has 0 amide bonds. The SMILES string of the molecule is Fc1cc(F)c(CCC2CCCNC2)cc1F. The zero-order chi connectivity index (χ0) is 12.3. The molecule has 0 bridgehead atoms. The van der Waals surface area contributed by atoms with Crippen LogP contribution in [0.3, 0.4) is 0 Å². The smallest absolute Gasteiger partial charge is 0.161 e. The summed E-state index contributed by atoms with van der Waals surface area (Å²) in [6.45, 7) is 1.97. The van der Waals surface area contributed by atoms with Crippen LogP contribution in [-0.2, 0) is 6.42 Å². The Bertz CT molecular complexity index is 386. The zero-order valence-electron chi connectivity index (χ0n) is 9.61. The van der Waals surface area contributed by atoms with Crippen LogP contribution in [-0.4, -0.2) is 13.1 Å². The van der Waals surface area contributed by atoms with Gasteiger partial charge < -0.3 is 5.32 Å². The topological polar surface area (TPSA) is 12.0 Å². The van der Waals surface area contributed by atoms with Gasteiger partial charge in [0.2, 0.25) is 0 Å². The number of nitrogens with one attached hydrogen (secondary N) is 1. The van der Waals surface area contributed by atoms with Gasteiger partial charge in [-0.3, -0.25) is 0 Å². The molecule has 2 rings (SSSR count). The molecule has 0 aliphatic carbocycles. The summed E-state index contributed by atoms with van der Waals surface area (Å²) in [5.41, 5.74) is 0.273. The minimum Gasteiger partial charge on any atom is -0.316 e. The van der Waals surface area contributed by atoms with E-state index in [1.165, 1.54) is 0 Å². The number of piperidine rings is 1. The van der Waals surface area contributed by atoms with Crippen molar-refractivity contribution in [3.8, 4) is 0 Å². The predicted octanol–water partition coefficient (Wildman–Crippen LogP) is 3.04. The number of hydrogen-bond donors (Lipinski definition) is 1. The van der Waals surface area contributed by atoms with Crippen molar-refractivity contribution < 1.29 is 13.2 Å². The predicted molar refractivity (Wildman–Crippen MR) is 60.2 cm³/mol. The Hall–Kier alpha value is -1.03. The highest BCUT2D eigenvalue weighted by Crippen LogP contribution is 2.20. The van der Waals surface area contributed by atoms with Gasteiger partial charge in [-0.25, -0.2) is 13.2 Å². The Kier molecular flexibility index (Phi) is 4.05. The molecule has 1 saturated heterocycles. The van der Waals surface area contributed by atoms with E-state index in [-0.39, 0.29) is 5.56 Å². The van der Waals surface area contributed by atoms with Crippen LogP contribution in [0.4, 0.5) is 13.2 Å². The lowest BCUT2D eigenvalue weighted by atomic mass is 9.92. The molecule has 1 heterocycles. The van der Waals surface area contributed by atoms with E-state index < -0.39 is 17.5 Å². The summed E-state index contributed by atoms with van der Waals surface area (Å²) < 4.78 is 39.1. The van der Waals surface area contributed by atoms with E-state index in [4.69, 9.17) is 0 Å². The first-order valence-corrected chi connectivity index (χ1v) is 6.01. The van der Waals surface area contributed by atoms with Gasteiger partial charge in [0.15, 0.2) is 11.6 Å². The summed E-state index contributed by atoms with van der Waals surface area (Å²) in [6, 6.07) is 1.60. The summed E-state index contributed by atoms with van der Waals surface area (Å²) in [5.74, 6) is -2.22. The van der Waals surface area contributed by atoms with Gasteiger partial charge in [0.1, 0.15) is 5.82 Å². The molecule has 0 aromatic heterocycles. The first kappa shape index (κ1) is 12.4. The van der Waals surface area contributed by atoms with Crippen LogP contribution in [0.1, 0.15) is 24.8 Å². The van der Waals surface area contributed by atoms with Gasteiger partial charge in [0, 0.05) is 6.07 Å². The third-order valence-electron chi connectivity index (χ3n) is 3.31. The largest absolute Gasteiger partial charge is 0.316 e. The van der Waals surface area contributed by atoms with Crippen LogP contribution in [0.5, 0.6) is 0 Å². The second kappa shape index (κ2) is 5.54. The summed E-state index contributed by atoms with van der Waals surface area (Å²) in [7, 11) is 0. The molecule has 94 valence electrons. The van der Waals surface area contributed by atoms with E-state index in [0.717, 1.165) is 38.4 Å². The average molecular weight is 243 g/mol. The van der Waals surface area contributed by atoms with Gasteiger partial charge in [-0.2, -0.15) is 0 Å². The van der Waals surface area contributed by atoms with Crippen LogP contribution in [0.15, 0.2) is 12.1 Å². The molecule has 4 heteroatoms. The number of rotatable bonds is 3.